The molecule has 0 saturated carbocycles. The second-order valence-corrected chi connectivity index (χ2v) is 7.24. The molecule has 1 amide bonds. The Morgan fingerprint density at radius 1 is 0.964 bits per heavy atom. The van der Waals surface area contributed by atoms with Gasteiger partial charge in [-0.05, 0) is 18.6 Å². The molecule has 0 unspecified atom stereocenters. The fourth-order valence-corrected chi connectivity index (χ4v) is 3.83. The molecule has 2 N–H and O–H groups in total. The number of carbonyl (C=O) groups is 2. The van der Waals surface area contributed by atoms with E-state index in [1.807, 2.05) is 60.7 Å². The third-order valence-corrected chi connectivity index (χ3v) is 5.28. The number of thiazole rings is 1. The van der Waals surface area contributed by atoms with Crippen LogP contribution in [0, 0.1) is 0 Å². The molecule has 0 saturated heterocycles. The number of ketones is 1. The predicted octanol–water partition coefficient (Wildman–Crippen LogP) is 5.26. The van der Waals surface area contributed by atoms with Crippen LogP contribution in [0.4, 0.5) is 5.13 Å². The van der Waals surface area contributed by atoms with Crippen LogP contribution < -0.4 is 5.32 Å². The van der Waals surface area contributed by atoms with Crippen LogP contribution in [0.3, 0.4) is 0 Å². The van der Waals surface area contributed by atoms with Gasteiger partial charge in [0.1, 0.15) is 5.69 Å². The van der Waals surface area contributed by atoms with Crippen LogP contribution in [0.25, 0.3) is 21.7 Å². The Bertz CT molecular complexity index is 1070. The van der Waals surface area contributed by atoms with E-state index in [2.05, 4.69) is 15.3 Å². The molecule has 4 rings (SSSR count). The van der Waals surface area contributed by atoms with Crippen molar-refractivity contribution in [3.8, 4) is 21.7 Å². The van der Waals surface area contributed by atoms with E-state index in [1.165, 1.54) is 24.5 Å². The van der Waals surface area contributed by atoms with Crippen LogP contribution in [0.5, 0.6) is 0 Å². The summed E-state index contributed by atoms with van der Waals surface area (Å²) in [6.07, 6.45) is 1.53. The van der Waals surface area contributed by atoms with E-state index in [0.29, 0.717) is 16.4 Å². The molecule has 5 nitrogen and oxygen atoms in total. The minimum Gasteiger partial charge on any atom is -0.356 e. The van der Waals surface area contributed by atoms with Crippen LogP contribution in [0.1, 0.15) is 27.8 Å². The minimum absolute atomic E-state index is 0.0951. The number of carbonyl (C=O) groups excluding carboxylic acids is 2. The summed E-state index contributed by atoms with van der Waals surface area (Å²) in [5, 5.41) is 3.34. The first-order valence-corrected chi connectivity index (χ1v) is 9.56. The maximum absolute atomic E-state index is 12.6. The van der Waals surface area contributed by atoms with Gasteiger partial charge in [-0.3, -0.25) is 14.9 Å². The maximum atomic E-state index is 12.6. The summed E-state index contributed by atoms with van der Waals surface area (Å²) in [4.78, 5) is 32.5. The molecule has 0 spiro atoms. The van der Waals surface area contributed by atoms with Crippen molar-refractivity contribution in [3.63, 3.8) is 0 Å². The monoisotopic (exact) mass is 387 g/mol. The van der Waals surface area contributed by atoms with Crippen LogP contribution >= 0.6 is 11.3 Å². The SMILES string of the molecule is CC(=O)c1c[nH]c(C(=O)Nc2nc(-c3ccccc3)c(-c3ccccc3)s2)c1. The van der Waals surface area contributed by atoms with E-state index in [0.717, 1.165) is 21.7 Å². The van der Waals surface area contributed by atoms with Gasteiger partial charge in [0, 0.05) is 17.3 Å². The van der Waals surface area contributed by atoms with E-state index in [4.69, 9.17) is 0 Å². The minimum atomic E-state index is -0.333. The predicted molar refractivity (Wildman–Crippen MR) is 112 cm³/mol. The largest absolute Gasteiger partial charge is 0.356 e. The van der Waals surface area contributed by atoms with Gasteiger partial charge in [0.25, 0.3) is 5.91 Å². The number of amides is 1. The zero-order valence-electron chi connectivity index (χ0n) is 15.1. The second-order valence-electron chi connectivity index (χ2n) is 6.24. The summed E-state index contributed by atoms with van der Waals surface area (Å²) < 4.78 is 0. The molecule has 0 fully saturated rings. The molecule has 0 aliphatic carbocycles. The van der Waals surface area contributed by atoms with Crippen molar-refractivity contribution in [2.75, 3.05) is 5.32 Å². The maximum Gasteiger partial charge on any atom is 0.273 e. The number of H-pyrrole nitrogens is 1. The smallest absolute Gasteiger partial charge is 0.273 e. The fourth-order valence-electron chi connectivity index (χ4n) is 2.84. The Kier molecular flexibility index (Phi) is 4.87. The van der Waals surface area contributed by atoms with Crippen molar-refractivity contribution >= 4 is 28.2 Å². The van der Waals surface area contributed by atoms with Gasteiger partial charge >= 0.3 is 0 Å². The molecule has 0 bridgehead atoms. The van der Waals surface area contributed by atoms with Gasteiger partial charge in [-0.1, -0.05) is 72.0 Å². The van der Waals surface area contributed by atoms with Crippen molar-refractivity contribution in [1.29, 1.82) is 0 Å². The molecule has 4 aromatic rings. The fraction of sp³-hybridized carbons (Fsp3) is 0.0455. The first-order chi connectivity index (χ1) is 13.6. The molecule has 28 heavy (non-hydrogen) atoms. The van der Waals surface area contributed by atoms with E-state index >= 15 is 0 Å². The Morgan fingerprint density at radius 2 is 1.61 bits per heavy atom. The molecular weight excluding hydrogens is 370 g/mol. The normalized spacial score (nSPS) is 10.6. The molecular formula is C22H17N3O2S. The number of hydrogen-bond donors (Lipinski definition) is 2. The molecule has 2 heterocycles. The van der Waals surface area contributed by atoms with Crippen molar-refractivity contribution in [1.82, 2.24) is 9.97 Å². The van der Waals surface area contributed by atoms with Gasteiger partial charge in [0.15, 0.2) is 10.9 Å². The number of hydrogen-bond acceptors (Lipinski definition) is 4. The average molecular weight is 387 g/mol. The number of benzene rings is 2. The molecule has 138 valence electrons. The lowest BCUT2D eigenvalue weighted by Crippen LogP contribution is -2.11. The van der Waals surface area contributed by atoms with Crippen LogP contribution in [0.15, 0.2) is 72.9 Å². The summed E-state index contributed by atoms with van der Waals surface area (Å²) in [5.41, 5.74) is 3.64. The summed E-state index contributed by atoms with van der Waals surface area (Å²) >= 11 is 1.42. The highest BCUT2D eigenvalue weighted by atomic mass is 32.1. The number of rotatable bonds is 5. The summed E-state index contributed by atoms with van der Waals surface area (Å²) in [5.74, 6) is -0.428. The van der Waals surface area contributed by atoms with Crippen LogP contribution in [0.2, 0.25) is 0 Å². The van der Waals surface area contributed by atoms with Crippen LogP contribution in [-0.2, 0) is 0 Å². The van der Waals surface area contributed by atoms with Gasteiger partial charge in [-0.2, -0.15) is 0 Å². The highest BCUT2D eigenvalue weighted by molar-refractivity contribution is 7.19. The van der Waals surface area contributed by atoms with Gasteiger partial charge < -0.3 is 4.98 Å². The number of aromatic amines is 1. The Balaban J connectivity index is 1.69. The molecule has 6 heteroatoms. The van der Waals surface area contributed by atoms with Crippen LogP contribution in [-0.4, -0.2) is 21.7 Å². The lowest BCUT2D eigenvalue weighted by molar-refractivity contribution is 0.101. The molecule has 0 aliphatic heterocycles. The molecule has 0 radical (unpaired) electrons. The van der Waals surface area contributed by atoms with E-state index < -0.39 is 0 Å². The lowest BCUT2D eigenvalue weighted by Gasteiger charge is -2.02. The highest BCUT2D eigenvalue weighted by Gasteiger charge is 2.18. The molecule has 2 aromatic heterocycles. The Hall–Kier alpha value is -3.51. The lowest BCUT2D eigenvalue weighted by atomic mass is 10.1. The number of nitrogens with one attached hydrogen (secondary N) is 2. The molecule has 0 atom stereocenters. The topological polar surface area (TPSA) is 74.8 Å². The van der Waals surface area contributed by atoms with Crippen molar-refractivity contribution in [3.05, 3.63) is 84.2 Å². The third kappa shape index (κ3) is 3.63. The Morgan fingerprint density at radius 3 is 2.21 bits per heavy atom. The number of nitrogens with zero attached hydrogens (tertiary/aromatic N) is 1. The molecule has 2 aromatic carbocycles. The van der Waals surface area contributed by atoms with Crippen molar-refractivity contribution in [2.45, 2.75) is 6.92 Å². The number of aromatic nitrogens is 2. The van der Waals surface area contributed by atoms with Gasteiger partial charge in [-0.15, -0.1) is 0 Å². The quantitative estimate of drug-likeness (QED) is 0.459. The van der Waals surface area contributed by atoms with E-state index in [9.17, 15) is 9.59 Å². The third-order valence-electron chi connectivity index (χ3n) is 4.26. The number of anilines is 1. The van der Waals surface area contributed by atoms with Gasteiger partial charge in [0.05, 0.1) is 10.6 Å². The highest BCUT2D eigenvalue weighted by Crippen LogP contribution is 2.38. The standard InChI is InChI=1S/C22H17N3O2S/c1-14(26)17-12-18(23-13-17)21(27)25-22-24-19(15-8-4-2-5-9-15)20(28-22)16-10-6-3-7-11-16/h2-13,23H,1H3,(H,24,25,27). The van der Waals surface area contributed by atoms with E-state index in [1.54, 1.807) is 6.07 Å². The molecule has 0 aliphatic rings. The van der Waals surface area contributed by atoms with Gasteiger partial charge in [0.2, 0.25) is 0 Å². The Labute approximate surface area is 166 Å². The summed E-state index contributed by atoms with van der Waals surface area (Å²) in [6.45, 7) is 1.46. The summed E-state index contributed by atoms with van der Waals surface area (Å²) in [6, 6.07) is 21.4. The second kappa shape index (κ2) is 7.62. The first kappa shape index (κ1) is 17.9. The zero-order valence-corrected chi connectivity index (χ0v) is 15.9. The zero-order chi connectivity index (χ0) is 19.5. The van der Waals surface area contributed by atoms with E-state index in [-0.39, 0.29) is 11.7 Å². The van der Waals surface area contributed by atoms with Crippen molar-refractivity contribution in [2.24, 2.45) is 0 Å². The van der Waals surface area contributed by atoms with Crippen molar-refractivity contribution < 1.29 is 9.59 Å². The first-order valence-electron chi connectivity index (χ1n) is 8.74. The average Bonchev–Trinajstić information content (AvgIpc) is 3.37. The van der Waals surface area contributed by atoms with Gasteiger partial charge in [-0.25, -0.2) is 4.98 Å². The summed E-state index contributed by atoms with van der Waals surface area (Å²) in [7, 11) is 0. The number of Topliss-reactive ketones (excluding diaryl/α,β-unsaturated/α-hetero) is 1.